The number of carbonyl (C=O) groups excluding carboxylic acids is 2. The summed E-state index contributed by atoms with van der Waals surface area (Å²) in [4.78, 5) is 28.6. The van der Waals surface area contributed by atoms with Crippen molar-refractivity contribution in [2.45, 2.75) is 25.7 Å². The van der Waals surface area contributed by atoms with Crippen molar-refractivity contribution in [3.63, 3.8) is 0 Å². The van der Waals surface area contributed by atoms with Crippen LogP contribution in [0.5, 0.6) is 5.75 Å². The third kappa shape index (κ3) is 5.30. The zero-order chi connectivity index (χ0) is 22.1. The second-order valence-corrected chi connectivity index (χ2v) is 8.52. The Hall–Kier alpha value is -2.33. The third-order valence-corrected chi connectivity index (χ3v) is 5.95. The van der Waals surface area contributed by atoms with E-state index in [0.29, 0.717) is 45.0 Å². The van der Waals surface area contributed by atoms with Gasteiger partial charge in [-0.1, -0.05) is 12.1 Å². The van der Waals surface area contributed by atoms with Crippen LogP contribution in [0.15, 0.2) is 24.3 Å². The minimum atomic E-state index is -4.78. The average molecular weight is 442 g/mol. The van der Waals surface area contributed by atoms with Crippen molar-refractivity contribution >= 4 is 11.8 Å². The van der Waals surface area contributed by atoms with Gasteiger partial charge in [-0.3, -0.25) is 9.59 Å². The predicted molar refractivity (Wildman–Crippen MR) is 102 cm³/mol. The highest BCUT2D eigenvalue weighted by atomic mass is 19.4. The molecule has 31 heavy (non-hydrogen) atoms. The Morgan fingerprint density at radius 2 is 1.90 bits per heavy atom. The van der Waals surface area contributed by atoms with Crippen LogP contribution in [0.25, 0.3) is 0 Å². The normalized spacial score (nSPS) is 22.2. The molecule has 0 unspecified atom stereocenters. The molecule has 0 aromatic heterocycles. The number of hydrogen-bond acceptors (Lipinski definition) is 5. The lowest BCUT2D eigenvalue weighted by Gasteiger charge is -2.51. The number of ether oxygens (including phenoxy) is 3. The number of nitrogens with zero attached hydrogens (tertiary/aromatic N) is 2. The van der Waals surface area contributed by atoms with E-state index in [4.69, 9.17) is 9.47 Å². The maximum absolute atomic E-state index is 12.7. The maximum atomic E-state index is 12.7. The largest absolute Gasteiger partial charge is 0.573 e. The molecule has 4 rings (SSSR count). The van der Waals surface area contributed by atoms with Gasteiger partial charge in [0.1, 0.15) is 12.4 Å². The van der Waals surface area contributed by atoms with Gasteiger partial charge in [-0.05, 0) is 30.5 Å². The fourth-order valence-corrected chi connectivity index (χ4v) is 4.50. The van der Waals surface area contributed by atoms with Gasteiger partial charge in [0.2, 0.25) is 11.8 Å². The molecule has 1 aromatic rings. The number of alkyl halides is 3. The van der Waals surface area contributed by atoms with Crippen molar-refractivity contribution in [1.82, 2.24) is 9.80 Å². The van der Waals surface area contributed by atoms with Crippen LogP contribution in [-0.2, 0) is 25.6 Å². The monoisotopic (exact) mass is 442 g/mol. The molecule has 1 spiro atoms. The molecule has 0 aliphatic carbocycles. The first-order chi connectivity index (χ1) is 14.7. The summed E-state index contributed by atoms with van der Waals surface area (Å²) in [6, 6.07) is 5.61. The Balaban J connectivity index is 1.39. The molecule has 10 heteroatoms. The van der Waals surface area contributed by atoms with Gasteiger partial charge in [0, 0.05) is 50.7 Å². The summed E-state index contributed by atoms with van der Waals surface area (Å²) in [6.07, 6.45) is -3.33. The second kappa shape index (κ2) is 8.66. The van der Waals surface area contributed by atoms with Gasteiger partial charge in [0.15, 0.2) is 0 Å². The first kappa shape index (κ1) is 21.9. The van der Waals surface area contributed by atoms with Crippen LogP contribution < -0.4 is 4.74 Å². The maximum Gasteiger partial charge on any atom is 0.573 e. The summed E-state index contributed by atoms with van der Waals surface area (Å²) in [7, 11) is 0. The molecule has 3 aliphatic heterocycles. The molecule has 0 N–H and O–H groups in total. The zero-order valence-electron chi connectivity index (χ0n) is 17.0. The standard InChI is InChI=1S/C21H25F3N2O5/c22-21(23,24)31-17-3-1-2-15(8-17)9-25-11-20(14-30-10-18(25)27)12-26(13-20)19(28)16-4-6-29-7-5-16/h1-3,8,16H,4-7,9-14H2. The van der Waals surface area contributed by atoms with Gasteiger partial charge in [-0.15, -0.1) is 13.2 Å². The van der Waals surface area contributed by atoms with Crippen molar-refractivity contribution < 1.29 is 37.0 Å². The van der Waals surface area contributed by atoms with E-state index in [1.807, 2.05) is 4.90 Å². The van der Waals surface area contributed by atoms with Crippen molar-refractivity contribution in [3.05, 3.63) is 29.8 Å². The SMILES string of the molecule is O=C1COCC2(CN1Cc1cccc(OC(F)(F)F)c1)CN(C(=O)C1CCOCC1)C2. The third-order valence-electron chi connectivity index (χ3n) is 5.95. The zero-order valence-corrected chi connectivity index (χ0v) is 17.0. The molecule has 0 radical (unpaired) electrons. The van der Waals surface area contributed by atoms with E-state index in [2.05, 4.69) is 4.74 Å². The molecule has 3 heterocycles. The number of benzene rings is 1. The Bertz CT molecular complexity index is 819. The molecule has 0 saturated carbocycles. The molecule has 0 atom stereocenters. The lowest BCUT2D eigenvalue weighted by molar-refractivity contribution is -0.274. The van der Waals surface area contributed by atoms with Crippen LogP contribution in [0.4, 0.5) is 13.2 Å². The van der Waals surface area contributed by atoms with E-state index in [-0.39, 0.29) is 42.0 Å². The van der Waals surface area contributed by atoms with Gasteiger partial charge < -0.3 is 24.0 Å². The second-order valence-electron chi connectivity index (χ2n) is 8.52. The molecular formula is C21H25F3N2O5. The molecule has 7 nitrogen and oxygen atoms in total. The first-order valence-corrected chi connectivity index (χ1v) is 10.3. The van der Waals surface area contributed by atoms with Crippen LogP contribution >= 0.6 is 0 Å². The number of rotatable bonds is 4. The Morgan fingerprint density at radius 3 is 2.61 bits per heavy atom. The number of likely N-dealkylation sites (tertiary alicyclic amines) is 1. The minimum absolute atomic E-state index is 0.0214. The van der Waals surface area contributed by atoms with E-state index >= 15 is 0 Å². The van der Waals surface area contributed by atoms with E-state index in [1.54, 1.807) is 11.0 Å². The smallest absolute Gasteiger partial charge is 0.406 e. The van der Waals surface area contributed by atoms with Crippen molar-refractivity contribution in [2.24, 2.45) is 11.3 Å². The van der Waals surface area contributed by atoms with Crippen LogP contribution in [0.3, 0.4) is 0 Å². The minimum Gasteiger partial charge on any atom is -0.406 e. The lowest BCUT2D eigenvalue weighted by Crippen LogP contribution is -2.64. The van der Waals surface area contributed by atoms with Gasteiger partial charge in [0.25, 0.3) is 0 Å². The molecule has 3 fully saturated rings. The number of carbonyl (C=O) groups is 2. The first-order valence-electron chi connectivity index (χ1n) is 10.3. The molecule has 2 amide bonds. The Labute approximate surface area is 178 Å². The van der Waals surface area contributed by atoms with E-state index in [0.717, 1.165) is 12.8 Å². The van der Waals surface area contributed by atoms with Crippen LogP contribution in [0.2, 0.25) is 0 Å². The highest BCUT2D eigenvalue weighted by Gasteiger charge is 2.49. The molecule has 170 valence electrons. The summed E-state index contributed by atoms with van der Waals surface area (Å²) < 4.78 is 52.4. The van der Waals surface area contributed by atoms with Crippen molar-refractivity contribution in [1.29, 1.82) is 0 Å². The summed E-state index contributed by atoms with van der Waals surface area (Å²) in [6.45, 7) is 3.00. The molecular weight excluding hydrogens is 417 g/mol. The highest BCUT2D eigenvalue weighted by molar-refractivity contribution is 5.80. The van der Waals surface area contributed by atoms with Crippen LogP contribution in [0.1, 0.15) is 18.4 Å². The Kier molecular flexibility index (Phi) is 6.11. The summed E-state index contributed by atoms with van der Waals surface area (Å²) >= 11 is 0. The van der Waals surface area contributed by atoms with Crippen molar-refractivity contribution in [2.75, 3.05) is 46.1 Å². The topological polar surface area (TPSA) is 68.3 Å². The van der Waals surface area contributed by atoms with Crippen molar-refractivity contribution in [3.8, 4) is 5.75 Å². The van der Waals surface area contributed by atoms with Gasteiger partial charge in [0.05, 0.1) is 6.61 Å². The summed E-state index contributed by atoms with van der Waals surface area (Å²) in [5, 5.41) is 0. The van der Waals surface area contributed by atoms with Gasteiger partial charge in [-0.2, -0.15) is 0 Å². The van der Waals surface area contributed by atoms with Crippen LogP contribution in [0, 0.1) is 11.3 Å². The molecule has 3 aliphatic rings. The molecule has 1 aromatic carbocycles. The molecule has 0 bridgehead atoms. The van der Waals surface area contributed by atoms with Crippen LogP contribution in [-0.4, -0.2) is 74.0 Å². The predicted octanol–water partition coefficient (Wildman–Crippen LogP) is 2.20. The van der Waals surface area contributed by atoms with E-state index < -0.39 is 6.36 Å². The summed E-state index contributed by atoms with van der Waals surface area (Å²) in [5.74, 6) is -0.455. The number of halogens is 3. The molecule has 3 saturated heterocycles. The van der Waals surface area contributed by atoms with E-state index in [1.165, 1.54) is 18.2 Å². The Morgan fingerprint density at radius 1 is 1.16 bits per heavy atom. The van der Waals surface area contributed by atoms with E-state index in [9.17, 15) is 22.8 Å². The summed E-state index contributed by atoms with van der Waals surface area (Å²) in [5.41, 5.74) is 0.175. The van der Waals surface area contributed by atoms with Gasteiger partial charge in [-0.25, -0.2) is 0 Å². The lowest BCUT2D eigenvalue weighted by atomic mass is 9.78. The quantitative estimate of drug-likeness (QED) is 0.715. The fourth-order valence-electron chi connectivity index (χ4n) is 4.50. The highest BCUT2D eigenvalue weighted by Crippen LogP contribution is 2.36. The average Bonchev–Trinajstić information content (AvgIpc) is 2.85. The van der Waals surface area contributed by atoms with Gasteiger partial charge >= 0.3 is 6.36 Å². The number of hydrogen-bond donors (Lipinski definition) is 0. The number of amides is 2. The fraction of sp³-hybridized carbons (Fsp3) is 0.619.